The van der Waals surface area contributed by atoms with Crippen LogP contribution in [0.3, 0.4) is 0 Å². The van der Waals surface area contributed by atoms with Crippen molar-refractivity contribution in [3.05, 3.63) is 29.3 Å². The first-order valence-electron chi connectivity index (χ1n) is 5.33. The van der Waals surface area contributed by atoms with Crippen molar-refractivity contribution < 1.29 is 15.0 Å². The van der Waals surface area contributed by atoms with Gasteiger partial charge in [0.2, 0.25) is 0 Å². The molecule has 16 heavy (non-hydrogen) atoms. The summed E-state index contributed by atoms with van der Waals surface area (Å²) in [6.45, 7) is 3.67. The Morgan fingerprint density at radius 1 is 1.50 bits per heavy atom. The lowest BCUT2D eigenvalue weighted by Crippen LogP contribution is -2.30. The number of phenolic OH excluding ortho intramolecular Hbond substituents is 1. The van der Waals surface area contributed by atoms with Gasteiger partial charge in [0, 0.05) is 6.54 Å². The second kappa shape index (κ2) is 5.51. The van der Waals surface area contributed by atoms with Gasteiger partial charge < -0.3 is 15.5 Å². The number of para-hydroxylation sites is 1. The summed E-state index contributed by atoms with van der Waals surface area (Å²) in [5.74, 6) is -0.346. The molecule has 4 heteroatoms. The lowest BCUT2D eigenvalue weighted by molar-refractivity contribution is 0.0921. The Kier molecular flexibility index (Phi) is 4.31. The quantitative estimate of drug-likeness (QED) is 0.715. The number of hydrogen-bond donors (Lipinski definition) is 3. The molecule has 0 radical (unpaired) electrons. The van der Waals surface area contributed by atoms with Crippen LogP contribution in [0.25, 0.3) is 0 Å². The van der Waals surface area contributed by atoms with Gasteiger partial charge in [-0.1, -0.05) is 19.1 Å². The van der Waals surface area contributed by atoms with Gasteiger partial charge in [-0.15, -0.1) is 0 Å². The number of phenols is 1. The molecule has 1 aromatic carbocycles. The Morgan fingerprint density at radius 2 is 2.19 bits per heavy atom. The molecule has 0 saturated heterocycles. The van der Waals surface area contributed by atoms with E-state index >= 15 is 0 Å². The summed E-state index contributed by atoms with van der Waals surface area (Å²) >= 11 is 0. The molecule has 1 unspecified atom stereocenters. The highest BCUT2D eigenvalue weighted by Crippen LogP contribution is 2.22. The predicted octanol–water partition coefficient (Wildman–Crippen LogP) is 1.07. The molecular weight excluding hydrogens is 206 g/mol. The lowest BCUT2D eigenvalue weighted by Gasteiger charge is -2.10. The van der Waals surface area contributed by atoms with Gasteiger partial charge in [0.15, 0.2) is 0 Å². The fourth-order valence-electron chi connectivity index (χ4n) is 1.40. The molecule has 1 rings (SSSR count). The fraction of sp³-hybridized carbons (Fsp3) is 0.417. The first-order valence-corrected chi connectivity index (χ1v) is 5.33. The minimum atomic E-state index is -0.597. The van der Waals surface area contributed by atoms with Crippen LogP contribution in [0.5, 0.6) is 5.75 Å². The average Bonchev–Trinajstić information content (AvgIpc) is 2.26. The van der Waals surface area contributed by atoms with E-state index in [2.05, 4.69) is 5.32 Å². The van der Waals surface area contributed by atoms with Gasteiger partial charge in [0.1, 0.15) is 5.75 Å². The molecule has 1 amide bonds. The smallest absolute Gasteiger partial charge is 0.255 e. The highest BCUT2D eigenvalue weighted by Gasteiger charge is 2.13. The van der Waals surface area contributed by atoms with Gasteiger partial charge in [-0.2, -0.15) is 0 Å². The van der Waals surface area contributed by atoms with Gasteiger partial charge in [0.25, 0.3) is 5.91 Å². The van der Waals surface area contributed by atoms with Crippen molar-refractivity contribution in [2.75, 3.05) is 6.54 Å². The molecule has 0 spiro atoms. The summed E-state index contributed by atoms with van der Waals surface area (Å²) in [5.41, 5.74) is 0.990. The van der Waals surface area contributed by atoms with Crippen molar-refractivity contribution in [3.8, 4) is 5.75 Å². The normalized spacial score (nSPS) is 12.2. The number of carbonyl (C=O) groups excluding carboxylic acids is 1. The Balaban J connectivity index is 2.83. The topological polar surface area (TPSA) is 69.6 Å². The molecule has 3 N–H and O–H groups in total. The number of aliphatic hydroxyl groups is 1. The van der Waals surface area contributed by atoms with Crippen molar-refractivity contribution in [1.82, 2.24) is 5.32 Å². The summed E-state index contributed by atoms with van der Waals surface area (Å²) in [6.07, 6.45) is 0.0732. The molecule has 1 aromatic rings. The maximum Gasteiger partial charge on any atom is 0.255 e. The Bertz CT molecular complexity index is 375. The summed E-state index contributed by atoms with van der Waals surface area (Å²) in [7, 11) is 0. The van der Waals surface area contributed by atoms with Gasteiger partial charge >= 0.3 is 0 Å². The molecule has 0 heterocycles. The molecule has 88 valence electrons. The van der Waals surface area contributed by atoms with Crippen molar-refractivity contribution in [1.29, 1.82) is 0 Å². The molecular formula is C12H17NO3. The van der Waals surface area contributed by atoms with Crippen LogP contribution in [0.4, 0.5) is 0 Å². The zero-order chi connectivity index (χ0) is 12.1. The lowest BCUT2D eigenvalue weighted by atomic mass is 10.1. The maximum absolute atomic E-state index is 11.7. The zero-order valence-electron chi connectivity index (χ0n) is 9.53. The Labute approximate surface area is 94.9 Å². The maximum atomic E-state index is 11.7. The zero-order valence-corrected chi connectivity index (χ0v) is 9.53. The van der Waals surface area contributed by atoms with E-state index in [4.69, 9.17) is 5.11 Å². The van der Waals surface area contributed by atoms with Crippen molar-refractivity contribution in [2.24, 2.45) is 0 Å². The number of carbonyl (C=O) groups is 1. The molecule has 0 fully saturated rings. The van der Waals surface area contributed by atoms with E-state index in [1.165, 1.54) is 0 Å². The third-order valence-corrected chi connectivity index (χ3v) is 2.30. The highest BCUT2D eigenvalue weighted by atomic mass is 16.3. The van der Waals surface area contributed by atoms with E-state index in [9.17, 15) is 9.90 Å². The van der Waals surface area contributed by atoms with Crippen LogP contribution in [-0.2, 0) is 6.42 Å². The van der Waals surface area contributed by atoms with Gasteiger partial charge in [0.05, 0.1) is 11.7 Å². The minimum absolute atomic E-state index is 0.0214. The minimum Gasteiger partial charge on any atom is -0.507 e. The molecule has 4 nitrogen and oxygen atoms in total. The number of benzene rings is 1. The van der Waals surface area contributed by atoms with Crippen molar-refractivity contribution >= 4 is 5.91 Å². The first-order chi connectivity index (χ1) is 7.56. The van der Waals surface area contributed by atoms with Crippen molar-refractivity contribution in [3.63, 3.8) is 0 Å². The second-order valence-corrected chi connectivity index (χ2v) is 3.73. The highest BCUT2D eigenvalue weighted by molar-refractivity contribution is 5.97. The molecule has 0 bridgehead atoms. The van der Waals surface area contributed by atoms with Crippen LogP contribution >= 0.6 is 0 Å². The van der Waals surface area contributed by atoms with E-state index in [1.807, 2.05) is 6.92 Å². The summed E-state index contributed by atoms with van der Waals surface area (Å²) in [5, 5.41) is 21.4. The van der Waals surface area contributed by atoms with Gasteiger partial charge in [-0.25, -0.2) is 0 Å². The molecule has 0 aliphatic heterocycles. The largest absolute Gasteiger partial charge is 0.507 e. The van der Waals surface area contributed by atoms with Gasteiger partial charge in [-0.05, 0) is 25.0 Å². The molecule has 0 aromatic heterocycles. The first kappa shape index (κ1) is 12.5. The third kappa shape index (κ3) is 2.97. The molecule has 0 aliphatic rings. The SMILES string of the molecule is CCc1cccc(C(=O)NCC(C)O)c1O. The van der Waals surface area contributed by atoms with Gasteiger partial charge in [-0.3, -0.25) is 4.79 Å². The van der Waals surface area contributed by atoms with Crippen LogP contribution in [0.1, 0.15) is 29.8 Å². The third-order valence-electron chi connectivity index (χ3n) is 2.30. The second-order valence-electron chi connectivity index (χ2n) is 3.73. The number of nitrogens with one attached hydrogen (secondary N) is 1. The number of aromatic hydroxyl groups is 1. The van der Waals surface area contributed by atoms with Crippen molar-refractivity contribution in [2.45, 2.75) is 26.4 Å². The number of aliphatic hydroxyl groups excluding tert-OH is 1. The summed E-state index contributed by atoms with van der Waals surface area (Å²) in [4.78, 5) is 11.7. The average molecular weight is 223 g/mol. The Morgan fingerprint density at radius 3 is 2.75 bits per heavy atom. The van der Waals surface area contributed by atoms with E-state index in [1.54, 1.807) is 25.1 Å². The number of rotatable bonds is 4. The number of hydrogen-bond acceptors (Lipinski definition) is 3. The monoisotopic (exact) mass is 223 g/mol. The van der Waals surface area contributed by atoms with E-state index < -0.39 is 6.10 Å². The fourth-order valence-corrected chi connectivity index (χ4v) is 1.40. The van der Waals surface area contributed by atoms with Crippen LogP contribution in [0.2, 0.25) is 0 Å². The van der Waals surface area contributed by atoms with E-state index in [0.717, 1.165) is 5.56 Å². The molecule has 1 atom stereocenters. The number of aryl methyl sites for hydroxylation is 1. The van der Waals surface area contributed by atoms with E-state index in [-0.39, 0.29) is 23.8 Å². The van der Waals surface area contributed by atoms with Crippen LogP contribution < -0.4 is 5.32 Å². The predicted molar refractivity (Wildman–Crippen MR) is 61.5 cm³/mol. The summed E-state index contributed by atoms with van der Waals surface area (Å²) in [6, 6.07) is 5.07. The van der Waals surface area contributed by atoms with Crippen LogP contribution in [0, 0.1) is 0 Å². The molecule has 0 saturated carbocycles. The number of amides is 1. The molecule has 0 aliphatic carbocycles. The van der Waals surface area contributed by atoms with E-state index in [0.29, 0.717) is 6.42 Å². The standard InChI is InChI=1S/C12H17NO3/c1-3-9-5-4-6-10(11(9)15)12(16)13-7-8(2)14/h4-6,8,14-15H,3,7H2,1-2H3,(H,13,16). The van der Waals surface area contributed by atoms with Crippen LogP contribution in [0.15, 0.2) is 18.2 Å². The summed E-state index contributed by atoms with van der Waals surface area (Å²) < 4.78 is 0. The Hall–Kier alpha value is -1.55. The van der Waals surface area contributed by atoms with Crippen LogP contribution in [-0.4, -0.2) is 28.8 Å².